The topological polar surface area (TPSA) is 47.2 Å². The van der Waals surface area contributed by atoms with Gasteiger partial charge < -0.3 is 10.3 Å². The average molecular weight is 110 g/mol. The predicted octanol–water partition coefficient (Wildman–Crippen LogP) is -0.174. The van der Waals surface area contributed by atoms with E-state index in [4.69, 9.17) is 5.11 Å². The molecule has 1 heterocycles. The van der Waals surface area contributed by atoms with E-state index in [1.165, 1.54) is 18.3 Å². The highest BCUT2D eigenvalue weighted by molar-refractivity contribution is 5.08. The molecular weight excluding hydrogens is 106 g/mol. The van der Waals surface area contributed by atoms with Gasteiger partial charge >= 0.3 is 6.20 Å². The lowest BCUT2D eigenvalue weighted by Crippen LogP contribution is -2.23. The van der Waals surface area contributed by atoms with Gasteiger partial charge in [0.15, 0.2) is 11.9 Å². The van der Waals surface area contributed by atoms with Gasteiger partial charge in [-0.15, -0.1) is 0 Å². The Bertz CT molecular complexity index is 170. The number of aromatic nitrogens is 1. The molecule has 1 aromatic heterocycles. The number of rotatable bonds is 0. The van der Waals surface area contributed by atoms with Crippen LogP contribution in [0.15, 0.2) is 18.3 Å². The molecule has 0 atom stereocenters. The number of pyridine rings is 1. The van der Waals surface area contributed by atoms with Crippen LogP contribution in [0.25, 0.3) is 0 Å². The zero-order chi connectivity index (χ0) is 5.98. The molecule has 0 aliphatic heterocycles. The Morgan fingerprint density at radius 1 is 1.75 bits per heavy atom. The summed E-state index contributed by atoms with van der Waals surface area (Å²) in [4.78, 5) is 0. The van der Waals surface area contributed by atoms with Crippen molar-refractivity contribution in [2.24, 2.45) is 0 Å². The molecule has 0 bridgehead atoms. The van der Waals surface area contributed by atoms with Crippen molar-refractivity contribution in [2.45, 2.75) is 0 Å². The van der Waals surface area contributed by atoms with Crippen LogP contribution >= 0.6 is 0 Å². The monoisotopic (exact) mass is 110 g/mol. The third-order valence-corrected chi connectivity index (χ3v) is 0.700. The fourth-order valence-corrected chi connectivity index (χ4v) is 0.400. The van der Waals surface area contributed by atoms with Gasteiger partial charge in [0.2, 0.25) is 0 Å². The van der Waals surface area contributed by atoms with Crippen molar-refractivity contribution in [1.82, 2.24) is 0 Å². The van der Waals surface area contributed by atoms with Gasteiger partial charge in [0.25, 0.3) is 0 Å². The highest BCUT2D eigenvalue weighted by Gasteiger charge is 1.90. The molecule has 0 aliphatic carbocycles. The summed E-state index contributed by atoms with van der Waals surface area (Å²) in [5.74, 6) is -0.137. The molecule has 41 valence electrons. The van der Waals surface area contributed by atoms with Crippen molar-refractivity contribution < 1.29 is 9.84 Å². The Kier molecular flexibility index (Phi) is 1.04. The van der Waals surface area contributed by atoms with E-state index in [0.29, 0.717) is 4.73 Å². The highest BCUT2D eigenvalue weighted by atomic mass is 16.5. The average Bonchev–Trinajstić information content (AvgIpc) is 1.64. The summed E-state index contributed by atoms with van der Waals surface area (Å²) in [6, 6.07) is 2.83. The van der Waals surface area contributed by atoms with Crippen LogP contribution in [0.5, 0.6) is 5.75 Å². The van der Waals surface area contributed by atoms with Crippen molar-refractivity contribution in [1.29, 1.82) is 0 Å². The van der Waals surface area contributed by atoms with Gasteiger partial charge in [-0.25, -0.2) is 0 Å². The second-order valence-corrected chi connectivity index (χ2v) is 1.33. The zero-order valence-electron chi connectivity index (χ0n) is 4.03. The summed E-state index contributed by atoms with van der Waals surface area (Å²) in [6.07, 6.45) is 3.34. The van der Waals surface area contributed by atoms with E-state index in [2.05, 4.69) is 6.20 Å². The van der Waals surface area contributed by atoms with Crippen LogP contribution in [0.3, 0.4) is 0 Å². The molecule has 0 aliphatic rings. The maximum Gasteiger partial charge on any atom is 0.335 e. The van der Waals surface area contributed by atoms with Gasteiger partial charge in [0.05, 0.1) is 0 Å². The summed E-state index contributed by atoms with van der Waals surface area (Å²) in [5.41, 5.74) is 0. The van der Waals surface area contributed by atoms with E-state index in [1.807, 2.05) is 0 Å². The van der Waals surface area contributed by atoms with Crippen molar-refractivity contribution in [3.63, 3.8) is 0 Å². The smallest absolute Gasteiger partial charge is 0.335 e. The molecule has 0 saturated heterocycles. The van der Waals surface area contributed by atoms with Crippen LogP contribution in [0.4, 0.5) is 0 Å². The highest BCUT2D eigenvalue weighted by Crippen LogP contribution is 1.97. The molecule has 3 heteroatoms. The van der Waals surface area contributed by atoms with E-state index < -0.39 is 0 Å². The Morgan fingerprint density at radius 2 is 2.50 bits per heavy atom. The Hall–Kier alpha value is -1.25. The van der Waals surface area contributed by atoms with Crippen LogP contribution in [0, 0.1) is 11.4 Å². The molecule has 0 spiro atoms. The lowest BCUT2D eigenvalue weighted by Gasteiger charge is -1.89. The van der Waals surface area contributed by atoms with E-state index in [0.717, 1.165) is 0 Å². The fourth-order valence-electron chi connectivity index (χ4n) is 0.400. The van der Waals surface area contributed by atoms with Gasteiger partial charge in [-0.2, -0.15) is 4.73 Å². The number of hydrogen-bond donors (Lipinski definition) is 1. The number of aromatic hydroxyl groups is 1. The molecule has 0 saturated carbocycles. The number of nitrogens with zero attached hydrogens (tertiary/aromatic N) is 1. The summed E-state index contributed by atoms with van der Waals surface area (Å²) in [6.45, 7) is 0. The van der Waals surface area contributed by atoms with Crippen LogP contribution < -0.4 is 4.73 Å². The number of hydrogen-bond acceptors (Lipinski definition) is 2. The van der Waals surface area contributed by atoms with Gasteiger partial charge in [0.1, 0.15) is 0 Å². The minimum atomic E-state index is -0.137. The predicted molar refractivity (Wildman–Crippen MR) is 25.9 cm³/mol. The molecular formula is C5H4NO2. The molecule has 8 heavy (non-hydrogen) atoms. The Labute approximate surface area is 46.4 Å². The first-order chi connectivity index (χ1) is 3.79. The quantitative estimate of drug-likeness (QED) is 0.372. The van der Waals surface area contributed by atoms with Gasteiger partial charge in [-0.1, -0.05) is 0 Å². The summed E-state index contributed by atoms with van der Waals surface area (Å²) >= 11 is 0. The fraction of sp³-hybridized carbons (Fsp3) is 0. The third kappa shape index (κ3) is 0.872. The lowest BCUT2D eigenvalue weighted by molar-refractivity contribution is -0.610. The van der Waals surface area contributed by atoms with Crippen molar-refractivity contribution in [3.05, 3.63) is 29.7 Å². The lowest BCUT2D eigenvalue weighted by atomic mass is 10.5. The molecule has 1 rings (SSSR count). The first-order valence-electron chi connectivity index (χ1n) is 2.09. The third-order valence-electron chi connectivity index (χ3n) is 0.700. The molecule has 1 aromatic rings. The molecule has 0 fully saturated rings. The first-order valence-corrected chi connectivity index (χ1v) is 2.09. The molecule has 1 N–H and O–H groups in total. The van der Waals surface area contributed by atoms with Gasteiger partial charge in [-0.05, 0) is 6.07 Å². The second-order valence-electron chi connectivity index (χ2n) is 1.33. The largest absolute Gasteiger partial charge is 0.618 e. The van der Waals surface area contributed by atoms with E-state index in [-0.39, 0.29) is 5.75 Å². The molecule has 3 nitrogen and oxygen atoms in total. The molecule has 0 amide bonds. The minimum absolute atomic E-state index is 0.137. The Morgan fingerprint density at radius 3 is 2.88 bits per heavy atom. The Balaban J connectivity index is 3.08. The standard InChI is InChI=1S/C5H4NO2/c7-5-2-1-3-6(8)4-5/h1-3,7H. The molecule has 1 radical (unpaired) electrons. The second kappa shape index (κ2) is 1.69. The minimum Gasteiger partial charge on any atom is -0.618 e. The van der Waals surface area contributed by atoms with E-state index >= 15 is 0 Å². The van der Waals surface area contributed by atoms with E-state index in [9.17, 15) is 5.21 Å². The van der Waals surface area contributed by atoms with E-state index in [1.54, 1.807) is 0 Å². The summed E-state index contributed by atoms with van der Waals surface area (Å²) in [5, 5.41) is 18.7. The molecule has 0 aromatic carbocycles. The summed E-state index contributed by atoms with van der Waals surface area (Å²) < 4.78 is 0.412. The van der Waals surface area contributed by atoms with Crippen molar-refractivity contribution >= 4 is 0 Å². The van der Waals surface area contributed by atoms with Crippen LogP contribution in [-0.4, -0.2) is 5.11 Å². The molecule has 0 unspecified atom stereocenters. The van der Waals surface area contributed by atoms with Crippen molar-refractivity contribution in [2.75, 3.05) is 0 Å². The summed E-state index contributed by atoms with van der Waals surface area (Å²) in [7, 11) is 0. The SMILES string of the molecule is [O-][n+]1[c]c(O)ccc1. The first kappa shape index (κ1) is 4.90. The van der Waals surface area contributed by atoms with Crippen LogP contribution in [-0.2, 0) is 0 Å². The van der Waals surface area contributed by atoms with Gasteiger partial charge in [0, 0.05) is 6.07 Å². The van der Waals surface area contributed by atoms with Crippen LogP contribution in [0.2, 0.25) is 0 Å². The maximum absolute atomic E-state index is 10.2. The normalized spacial score (nSPS) is 9.00. The zero-order valence-corrected chi connectivity index (χ0v) is 4.03. The van der Waals surface area contributed by atoms with Crippen LogP contribution in [0.1, 0.15) is 0 Å². The van der Waals surface area contributed by atoms with Gasteiger partial charge in [-0.3, -0.25) is 0 Å². The van der Waals surface area contributed by atoms with Crippen molar-refractivity contribution in [3.8, 4) is 5.75 Å². The maximum atomic E-state index is 10.2.